The van der Waals surface area contributed by atoms with Gasteiger partial charge in [0.15, 0.2) is 0 Å². The Labute approximate surface area is 158 Å². The topological polar surface area (TPSA) is 72.7 Å². The molecule has 0 unspecified atom stereocenters. The van der Waals surface area contributed by atoms with Gasteiger partial charge in [-0.2, -0.15) is 0 Å². The Bertz CT molecular complexity index is 1050. The summed E-state index contributed by atoms with van der Waals surface area (Å²) < 4.78 is 2.71. The molecule has 0 saturated heterocycles. The lowest BCUT2D eigenvalue weighted by Gasteiger charge is -2.02. The van der Waals surface area contributed by atoms with Gasteiger partial charge in [0.1, 0.15) is 10.8 Å². The minimum Gasteiger partial charge on any atom is -0.343 e. The van der Waals surface area contributed by atoms with Crippen molar-refractivity contribution in [3.05, 3.63) is 70.2 Å². The maximum Gasteiger partial charge on any atom is 0.291 e. The van der Waals surface area contributed by atoms with Crippen LogP contribution in [0.2, 0.25) is 5.02 Å². The third-order valence-electron chi connectivity index (χ3n) is 3.78. The quantitative estimate of drug-likeness (QED) is 0.582. The number of carbonyl (C=O) groups is 1. The Morgan fingerprint density at radius 3 is 2.69 bits per heavy atom. The van der Waals surface area contributed by atoms with E-state index in [-0.39, 0.29) is 11.7 Å². The molecule has 0 bridgehead atoms. The summed E-state index contributed by atoms with van der Waals surface area (Å²) in [5.41, 5.74) is 1.73. The number of hydrogen-bond donors (Lipinski definition) is 1. The normalized spacial score (nSPS) is 11.0. The van der Waals surface area contributed by atoms with E-state index in [4.69, 9.17) is 11.6 Å². The molecule has 0 aliphatic rings. The average molecular weight is 384 g/mol. The van der Waals surface area contributed by atoms with Crippen molar-refractivity contribution in [3.63, 3.8) is 0 Å². The predicted octanol–water partition coefficient (Wildman–Crippen LogP) is 3.77. The molecule has 0 aliphatic carbocycles. The zero-order chi connectivity index (χ0) is 18.1. The van der Waals surface area contributed by atoms with E-state index in [0.29, 0.717) is 17.4 Å². The Kier molecular flexibility index (Phi) is 4.40. The molecule has 1 amide bonds. The van der Waals surface area contributed by atoms with E-state index in [1.54, 1.807) is 35.1 Å². The summed E-state index contributed by atoms with van der Waals surface area (Å²) in [6, 6.07) is 15.1. The first-order valence-electron chi connectivity index (χ1n) is 7.92. The first-order valence-corrected chi connectivity index (χ1v) is 9.12. The Morgan fingerprint density at radius 2 is 1.92 bits per heavy atom. The molecule has 0 radical (unpaired) electrons. The summed E-state index contributed by atoms with van der Waals surface area (Å²) in [7, 11) is 0. The van der Waals surface area contributed by atoms with Crippen LogP contribution in [0.3, 0.4) is 0 Å². The van der Waals surface area contributed by atoms with E-state index >= 15 is 0 Å². The number of carbonyl (C=O) groups excluding carboxylic acids is 1. The van der Waals surface area contributed by atoms with Crippen LogP contribution in [0.4, 0.5) is 0 Å². The fourth-order valence-electron chi connectivity index (χ4n) is 2.54. The van der Waals surface area contributed by atoms with Crippen LogP contribution < -0.4 is 5.32 Å². The lowest BCUT2D eigenvalue weighted by molar-refractivity contribution is 0.0940. The van der Waals surface area contributed by atoms with Gasteiger partial charge in [-0.1, -0.05) is 23.7 Å². The van der Waals surface area contributed by atoms with Gasteiger partial charge in [0.2, 0.25) is 5.82 Å². The van der Waals surface area contributed by atoms with Gasteiger partial charge in [0, 0.05) is 5.02 Å². The van der Waals surface area contributed by atoms with Gasteiger partial charge in [-0.25, -0.2) is 14.6 Å². The van der Waals surface area contributed by atoms with Crippen LogP contribution in [0.5, 0.6) is 0 Å². The Balaban J connectivity index is 1.49. The van der Waals surface area contributed by atoms with Crippen LogP contribution in [-0.4, -0.2) is 25.7 Å². The summed E-state index contributed by atoms with van der Waals surface area (Å²) >= 11 is 7.47. The molecule has 0 aliphatic heterocycles. The molecule has 4 aromatic rings. The largest absolute Gasteiger partial charge is 0.343 e. The van der Waals surface area contributed by atoms with E-state index in [9.17, 15) is 4.79 Å². The van der Waals surface area contributed by atoms with Crippen molar-refractivity contribution >= 4 is 39.1 Å². The fraction of sp³-hybridized carbons (Fsp3) is 0.111. The maximum atomic E-state index is 12.4. The first-order chi connectivity index (χ1) is 12.6. The lowest BCUT2D eigenvalue weighted by Crippen LogP contribution is -2.24. The maximum absolute atomic E-state index is 12.4. The second kappa shape index (κ2) is 6.86. The van der Waals surface area contributed by atoms with Crippen molar-refractivity contribution in [2.45, 2.75) is 13.5 Å². The number of fused-ring (bicyclic) bond motifs is 1. The number of thiazole rings is 1. The average Bonchev–Trinajstić information content (AvgIpc) is 3.23. The number of aryl methyl sites for hydroxylation is 1. The number of nitrogens with zero attached hydrogens (tertiary/aromatic N) is 4. The van der Waals surface area contributed by atoms with Gasteiger partial charge < -0.3 is 5.32 Å². The van der Waals surface area contributed by atoms with Crippen LogP contribution in [0.15, 0.2) is 48.5 Å². The zero-order valence-corrected chi connectivity index (χ0v) is 15.4. The summed E-state index contributed by atoms with van der Waals surface area (Å²) in [5.74, 6) is 0.413. The molecule has 6 nitrogen and oxygen atoms in total. The summed E-state index contributed by atoms with van der Waals surface area (Å²) in [4.78, 5) is 21.1. The molecule has 1 N–H and O–H groups in total. The minimum atomic E-state index is -0.333. The molecule has 2 heterocycles. The third kappa shape index (κ3) is 3.31. The molecular weight excluding hydrogens is 370 g/mol. The number of para-hydroxylation sites is 1. The van der Waals surface area contributed by atoms with Gasteiger partial charge in [-0.05, 0) is 43.3 Å². The first kappa shape index (κ1) is 16.7. The van der Waals surface area contributed by atoms with Crippen molar-refractivity contribution in [1.82, 2.24) is 25.1 Å². The van der Waals surface area contributed by atoms with E-state index in [2.05, 4.69) is 20.4 Å². The van der Waals surface area contributed by atoms with Gasteiger partial charge in [0.05, 0.1) is 22.4 Å². The van der Waals surface area contributed by atoms with Crippen molar-refractivity contribution < 1.29 is 4.79 Å². The standard InChI is InChI=1S/C18H14ClN5OS/c1-11-21-17(23-24(11)13-8-6-12(19)7-9-13)18(25)20-10-16-22-14-4-2-3-5-15(14)26-16/h2-9H,10H2,1H3,(H,20,25). The lowest BCUT2D eigenvalue weighted by atomic mass is 10.3. The number of nitrogens with one attached hydrogen (secondary N) is 1. The smallest absolute Gasteiger partial charge is 0.291 e. The number of amides is 1. The molecule has 8 heteroatoms. The number of aromatic nitrogens is 4. The molecule has 4 rings (SSSR count). The number of rotatable bonds is 4. The molecular formula is C18H14ClN5OS. The van der Waals surface area contributed by atoms with Crippen LogP contribution in [0, 0.1) is 6.92 Å². The molecule has 2 aromatic carbocycles. The molecule has 0 spiro atoms. The number of halogens is 1. The zero-order valence-electron chi connectivity index (χ0n) is 13.8. The van der Waals surface area contributed by atoms with E-state index in [1.165, 1.54) is 0 Å². The van der Waals surface area contributed by atoms with E-state index < -0.39 is 0 Å². The summed E-state index contributed by atoms with van der Waals surface area (Å²) in [6.07, 6.45) is 0. The van der Waals surface area contributed by atoms with Gasteiger partial charge in [-0.15, -0.1) is 16.4 Å². The van der Waals surface area contributed by atoms with Gasteiger partial charge >= 0.3 is 0 Å². The monoisotopic (exact) mass is 383 g/mol. The van der Waals surface area contributed by atoms with Gasteiger partial charge in [-0.3, -0.25) is 4.79 Å². The fourth-order valence-corrected chi connectivity index (χ4v) is 3.58. The van der Waals surface area contributed by atoms with Crippen molar-refractivity contribution in [1.29, 1.82) is 0 Å². The SMILES string of the molecule is Cc1nc(C(=O)NCc2nc3ccccc3s2)nn1-c1ccc(Cl)cc1. The number of benzene rings is 2. The highest BCUT2D eigenvalue weighted by Crippen LogP contribution is 2.21. The molecule has 130 valence electrons. The van der Waals surface area contributed by atoms with Crippen LogP contribution in [-0.2, 0) is 6.54 Å². The molecule has 0 atom stereocenters. The van der Waals surface area contributed by atoms with E-state index in [0.717, 1.165) is 20.9 Å². The Hall–Kier alpha value is -2.77. The van der Waals surface area contributed by atoms with E-state index in [1.807, 2.05) is 36.4 Å². The summed E-state index contributed by atoms with van der Waals surface area (Å²) in [6.45, 7) is 2.14. The molecule has 26 heavy (non-hydrogen) atoms. The second-order valence-electron chi connectivity index (χ2n) is 5.63. The highest BCUT2D eigenvalue weighted by atomic mass is 35.5. The Morgan fingerprint density at radius 1 is 1.15 bits per heavy atom. The minimum absolute atomic E-state index is 0.124. The van der Waals surface area contributed by atoms with Crippen molar-refractivity contribution in [2.75, 3.05) is 0 Å². The highest BCUT2D eigenvalue weighted by Gasteiger charge is 2.15. The predicted molar refractivity (Wildman–Crippen MR) is 102 cm³/mol. The van der Waals surface area contributed by atoms with Crippen molar-refractivity contribution in [2.24, 2.45) is 0 Å². The summed E-state index contributed by atoms with van der Waals surface area (Å²) in [5, 5.41) is 8.61. The molecule has 0 saturated carbocycles. The molecule has 0 fully saturated rings. The van der Waals surface area contributed by atoms with Crippen molar-refractivity contribution in [3.8, 4) is 5.69 Å². The van der Waals surface area contributed by atoms with Crippen LogP contribution in [0.1, 0.15) is 21.5 Å². The third-order valence-corrected chi connectivity index (χ3v) is 5.07. The van der Waals surface area contributed by atoms with Crippen LogP contribution in [0.25, 0.3) is 15.9 Å². The molecule has 2 aromatic heterocycles. The van der Waals surface area contributed by atoms with Crippen LogP contribution >= 0.6 is 22.9 Å². The van der Waals surface area contributed by atoms with Gasteiger partial charge in [0.25, 0.3) is 5.91 Å². The highest BCUT2D eigenvalue weighted by molar-refractivity contribution is 7.18. The number of hydrogen-bond acceptors (Lipinski definition) is 5. The second-order valence-corrected chi connectivity index (χ2v) is 7.18.